The molecule has 0 saturated heterocycles. The molecular formula is C27H19IrN3O4. The van der Waals surface area contributed by atoms with E-state index in [9.17, 15) is 9.59 Å². The molecule has 0 spiro atoms. The summed E-state index contributed by atoms with van der Waals surface area (Å²) in [4.78, 5) is 34.4. The van der Waals surface area contributed by atoms with Crippen LogP contribution in [-0.4, -0.2) is 37.1 Å². The number of carboxylic acids is 2. The minimum absolute atomic E-state index is 0. The Bertz CT molecular complexity index is 1430. The van der Waals surface area contributed by atoms with Crippen LogP contribution >= 0.6 is 0 Å². The van der Waals surface area contributed by atoms with E-state index >= 15 is 0 Å². The Hall–Kier alpha value is -4.26. The first-order valence-corrected chi connectivity index (χ1v) is 10.3. The van der Waals surface area contributed by atoms with Gasteiger partial charge >= 0.3 is 11.9 Å². The summed E-state index contributed by atoms with van der Waals surface area (Å²) in [5.41, 5.74) is 3.28. The molecule has 3 heterocycles. The third kappa shape index (κ3) is 6.00. The Balaban J connectivity index is 0.000000191. The van der Waals surface area contributed by atoms with Crippen molar-refractivity contribution in [1.82, 2.24) is 15.0 Å². The topological polar surface area (TPSA) is 113 Å². The van der Waals surface area contributed by atoms with E-state index in [1.807, 2.05) is 36.4 Å². The second-order valence-electron chi connectivity index (χ2n) is 7.19. The molecule has 5 rings (SSSR count). The Morgan fingerprint density at radius 2 is 1.40 bits per heavy atom. The van der Waals surface area contributed by atoms with Gasteiger partial charge in [-0.1, -0.05) is 60.7 Å². The second-order valence-corrected chi connectivity index (χ2v) is 7.19. The van der Waals surface area contributed by atoms with Crippen molar-refractivity contribution in [3.63, 3.8) is 0 Å². The van der Waals surface area contributed by atoms with Gasteiger partial charge in [-0.05, 0) is 24.3 Å². The number of nitrogens with zero attached hydrogens (tertiary/aromatic N) is 3. The molecule has 5 aromatic rings. The predicted octanol–water partition coefficient (Wildman–Crippen LogP) is 5.44. The van der Waals surface area contributed by atoms with Crippen molar-refractivity contribution in [2.24, 2.45) is 0 Å². The molecule has 0 unspecified atom stereocenters. The Labute approximate surface area is 214 Å². The number of aromatic carboxylic acids is 2. The number of benzene rings is 2. The van der Waals surface area contributed by atoms with Crippen molar-refractivity contribution >= 4 is 22.8 Å². The monoisotopic (exact) mass is 642 g/mol. The van der Waals surface area contributed by atoms with E-state index in [4.69, 9.17) is 10.2 Å². The largest absolute Gasteiger partial charge is 0.478 e. The normalized spacial score (nSPS) is 9.94. The van der Waals surface area contributed by atoms with Crippen LogP contribution in [-0.2, 0) is 20.1 Å². The van der Waals surface area contributed by atoms with Gasteiger partial charge < -0.3 is 10.2 Å². The van der Waals surface area contributed by atoms with E-state index in [2.05, 4.69) is 45.3 Å². The van der Waals surface area contributed by atoms with Crippen LogP contribution in [0.3, 0.4) is 0 Å². The molecule has 3 aromatic heterocycles. The van der Waals surface area contributed by atoms with Crippen LogP contribution in [0.25, 0.3) is 33.3 Å². The van der Waals surface area contributed by atoms with Crippen molar-refractivity contribution in [3.8, 4) is 22.4 Å². The van der Waals surface area contributed by atoms with E-state index in [-0.39, 0.29) is 36.9 Å². The minimum Gasteiger partial charge on any atom is -0.478 e. The fraction of sp³-hybridized carbons (Fsp3) is 0. The van der Waals surface area contributed by atoms with Gasteiger partial charge in [0.2, 0.25) is 0 Å². The van der Waals surface area contributed by atoms with Gasteiger partial charge in [-0.3, -0.25) is 4.98 Å². The SMILES string of the molecule is O=C(O)c1ccnc(C(=O)O)c1-c1cccnc1.[Ir].c1ccc(-c2ccc3ccccc3n2)cc1. The minimum atomic E-state index is -1.28. The first kappa shape index (κ1) is 25.4. The predicted molar refractivity (Wildman–Crippen MR) is 129 cm³/mol. The smallest absolute Gasteiger partial charge is 0.355 e. The molecule has 7 nitrogen and oxygen atoms in total. The van der Waals surface area contributed by atoms with Crippen LogP contribution in [0, 0.1) is 0 Å². The maximum atomic E-state index is 11.1. The summed E-state index contributed by atoms with van der Waals surface area (Å²) in [6.45, 7) is 0. The molecule has 0 atom stereocenters. The maximum Gasteiger partial charge on any atom is 0.355 e. The summed E-state index contributed by atoms with van der Waals surface area (Å²) in [6.07, 6.45) is 4.07. The van der Waals surface area contributed by atoms with Crippen LogP contribution < -0.4 is 0 Å². The van der Waals surface area contributed by atoms with Crippen LogP contribution in [0.15, 0.2) is 104 Å². The summed E-state index contributed by atoms with van der Waals surface area (Å²) >= 11 is 0. The number of hydrogen-bond donors (Lipinski definition) is 2. The van der Waals surface area contributed by atoms with E-state index in [1.165, 1.54) is 23.8 Å². The van der Waals surface area contributed by atoms with Crippen LogP contribution in [0.1, 0.15) is 20.8 Å². The number of carboxylic acid groups (broad SMARTS) is 2. The van der Waals surface area contributed by atoms with Crippen molar-refractivity contribution in [2.75, 3.05) is 0 Å². The summed E-state index contributed by atoms with van der Waals surface area (Å²) in [5.74, 6) is -2.49. The fourth-order valence-electron chi connectivity index (χ4n) is 3.44. The maximum absolute atomic E-state index is 11.1. The number of rotatable bonds is 4. The van der Waals surface area contributed by atoms with Crippen molar-refractivity contribution < 1.29 is 39.9 Å². The van der Waals surface area contributed by atoms with E-state index in [1.54, 1.807) is 12.1 Å². The standard InChI is InChI=1S/C15H11N.C12H8N2O4.Ir/c1-2-6-12(7-3-1)15-11-10-13-8-4-5-9-14(13)16-15;15-11(16)8-3-5-14-10(12(17)18)9(8)7-2-1-4-13-6-7;/h1-11H;1-6H,(H,15,16)(H,17,18);. The number of aromatic nitrogens is 3. The molecule has 0 aliphatic rings. The molecule has 0 aliphatic heterocycles. The van der Waals surface area contributed by atoms with Gasteiger partial charge in [-0.25, -0.2) is 19.6 Å². The zero-order chi connectivity index (χ0) is 23.9. The zero-order valence-electron chi connectivity index (χ0n) is 18.2. The van der Waals surface area contributed by atoms with Crippen molar-refractivity contribution in [3.05, 3.63) is 115 Å². The third-order valence-corrected chi connectivity index (χ3v) is 5.00. The molecular weight excluding hydrogens is 623 g/mol. The van der Waals surface area contributed by atoms with Gasteiger partial charge in [0.15, 0.2) is 5.69 Å². The Morgan fingerprint density at radius 3 is 2.09 bits per heavy atom. The van der Waals surface area contributed by atoms with Gasteiger partial charge in [0, 0.05) is 60.8 Å². The molecule has 0 bridgehead atoms. The zero-order valence-corrected chi connectivity index (χ0v) is 20.6. The molecule has 0 aliphatic carbocycles. The Kier molecular flexibility index (Phi) is 8.51. The average Bonchev–Trinajstić information content (AvgIpc) is 2.89. The van der Waals surface area contributed by atoms with Crippen LogP contribution in [0.5, 0.6) is 0 Å². The Morgan fingerprint density at radius 1 is 0.686 bits per heavy atom. The van der Waals surface area contributed by atoms with E-state index < -0.39 is 11.9 Å². The van der Waals surface area contributed by atoms with Gasteiger partial charge in [0.25, 0.3) is 0 Å². The first-order chi connectivity index (χ1) is 16.5. The van der Waals surface area contributed by atoms with Gasteiger partial charge in [-0.15, -0.1) is 0 Å². The molecule has 0 fully saturated rings. The molecule has 1 radical (unpaired) electrons. The summed E-state index contributed by atoms with van der Waals surface area (Å²) in [6, 6.07) is 27.0. The van der Waals surface area contributed by atoms with Crippen molar-refractivity contribution in [2.45, 2.75) is 0 Å². The molecule has 2 aromatic carbocycles. The number of pyridine rings is 3. The molecule has 0 saturated carbocycles. The molecule has 0 amide bonds. The third-order valence-electron chi connectivity index (χ3n) is 5.00. The molecule has 35 heavy (non-hydrogen) atoms. The summed E-state index contributed by atoms with van der Waals surface area (Å²) < 4.78 is 0. The first-order valence-electron chi connectivity index (χ1n) is 10.3. The molecule has 8 heteroatoms. The number of fused-ring (bicyclic) bond motifs is 1. The van der Waals surface area contributed by atoms with Crippen LogP contribution in [0.2, 0.25) is 0 Å². The summed E-state index contributed by atoms with van der Waals surface area (Å²) in [5, 5.41) is 19.3. The van der Waals surface area contributed by atoms with Gasteiger partial charge in [-0.2, -0.15) is 0 Å². The van der Waals surface area contributed by atoms with Gasteiger partial charge in [0.05, 0.1) is 16.8 Å². The van der Waals surface area contributed by atoms with Gasteiger partial charge in [0.1, 0.15) is 0 Å². The van der Waals surface area contributed by atoms with E-state index in [0.29, 0.717) is 5.56 Å². The number of carbonyl (C=O) groups is 2. The van der Waals surface area contributed by atoms with Crippen LogP contribution in [0.4, 0.5) is 0 Å². The second kappa shape index (κ2) is 11.7. The average molecular weight is 642 g/mol. The molecule has 2 N–H and O–H groups in total. The quantitative estimate of drug-likeness (QED) is 0.269. The summed E-state index contributed by atoms with van der Waals surface area (Å²) in [7, 11) is 0. The van der Waals surface area contributed by atoms with E-state index in [0.717, 1.165) is 23.0 Å². The number of hydrogen-bond acceptors (Lipinski definition) is 5. The number of para-hydroxylation sites is 1. The molecule has 175 valence electrons. The van der Waals surface area contributed by atoms with Crippen molar-refractivity contribution in [1.29, 1.82) is 0 Å². The fourth-order valence-corrected chi connectivity index (χ4v) is 3.44.